The van der Waals surface area contributed by atoms with Crippen LogP contribution in [0.1, 0.15) is 19.8 Å². The molecule has 0 aromatic heterocycles. The molecule has 1 rings (SSSR count). The summed E-state index contributed by atoms with van der Waals surface area (Å²) in [5.41, 5.74) is 5.28. The number of aliphatic carboxylic acids is 1. The lowest BCUT2D eigenvalue weighted by atomic mass is 10.3. The summed E-state index contributed by atoms with van der Waals surface area (Å²) in [4.78, 5) is 10.6. The lowest BCUT2D eigenvalue weighted by Crippen LogP contribution is -2.42. The van der Waals surface area contributed by atoms with Gasteiger partial charge in [0.1, 0.15) is 16.7 Å². The van der Waals surface area contributed by atoms with Crippen molar-refractivity contribution >= 4 is 16.0 Å². The summed E-state index contributed by atoms with van der Waals surface area (Å²) in [6, 6.07) is 4.90. The second-order valence-corrected chi connectivity index (χ2v) is 6.18. The van der Waals surface area contributed by atoms with Crippen LogP contribution in [-0.2, 0) is 14.8 Å². The van der Waals surface area contributed by atoms with Crippen LogP contribution in [0.2, 0.25) is 0 Å². The molecule has 118 valence electrons. The van der Waals surface area contributed by atoms with E-state index in [1.807, 2.05) is 6.92 Å². The fraction of sp³-hybridized carbons (Fsp3) is 0.462. The number of hydrogen-bond donors (Lipinski definition) is 3. The van der Waals surface area contributed by atoms with Crippen LogP contribution in [0.4, 0.5) is 0 Å². The third-order valence-electron chi connectivity index (χ3n) is 2.70. The first-order valence-corrected chi connectivity index (χ1v) is 8.06. The Balaban J connectivity index is 2.84. The van der Waals surface area contributed by atoms with E-state index in [-0.39, 0.29) is 17.2 Å². The van der Waals surface area contributed by atoms with Gasteiger partial charge in [0.05, 0.1) is 6.61 Å². The van der Waals surface area contributed by atoms with Gasteiger partial charge in [0, 0.05) is 6.54 Å². The number of sulfonamides is 1. The molecule has 0 radical (unpaired) electrons. The highest BCUT2D eigenvalue weighted by atomic mass is 32.2. The Morgan fingerprint density at radius 3 is 2.71 bits per heavy atom. The maximum atomic E-state index is 12.2. The Morgan fingerprint density at radius 2 is 2.10 bits per heavy atom. The molecule has 4 N–H and O–H groups in total. The van der Waals surface area contributed by atoms with Gasteiger partial charge in [0.25, 0.3) is 0 Å². The highest BCUT2D eigenvalue weighted by Crippen LogP contribution is 2.23. The van der Waals surface area contributed by atoms with E-state index < -0.39 is 22.0 Å². The first kappa shape index (κ1) is 17.4. The van der Waals surface area contributed by atoms with E-state index in [1.54, 1.807) is 18.2 Å². The number of carboxylic acids is 1. The van der Waals surface area contributed by atoms with E-state index in [0.717, 1.165) is 12.8 Å². The SMILES string of the molecule is CCCCOc1ccccc1S(=O)(=O)NCC(N)C(=O)O. The molecule has 0 saturated heterocycles. The lowest BCUT2D eigenvalue weighted by molar-refractivity contribution is -0.138. The molecule has 1 aromatic rings. The van der Waals surface area contributed by atoms with Crippen molar-refractivity contribution in [1.29, 1.82) is 0 Å². The number of nitrogens with two attached hydrogens (primary N) is 1. The molecule has 7 nitrogen and oxygen atoms in total. The van der Waals surface area contributed by atoms with Gasteiger partial charge >= 0.3 is 5.97 Å². The molecule has 0 aliphatic heterocycles. The molecule has 0 spiro atoms. The van der Waals surface area contributed by atoms with Gasteiger partial charge in [0.2, 0.25) is 10.0 Å². The highest BCUT2D eigenvalue weighted by molar-refractivity contribution is 7.89. The van der Waals surface area contributed by atoms with E-state index in [1.165, 1.54) is 6.07 Å². The number of para-hydroxylation sites is 1. The first-order chi connectivity index (χ1) is 9.88. The van der Waals surface area contributed by atoms with Crippen LogP contribution in [0.25, 0.3) is 0 Å². The summed E-state index contributed by atoms with van der Waals surface area (Å²) in [7, 11) is -3.87. The molecule has 0 fully saturated rings. The Kier molecular flexibility index (Phi) is 6.60. The van der Waals surface area contributed by atoms with Crippen molar-refractivity contribution in [3.05, 3.63) is 24.3 Å². The van der Waals surface area contributed by atoms with Gasteiger partial charge in [-0.25, -0.2) is 13.1 Å². The third-order valence-corrected chi connectivity index (χ3v) is 4.17. The number of rotatable bonds is 9. The quantitative estimate of drug-likeness (QED) is 0.573. The van der Waals surface area contributed by atoms with Crippen molar-refractivity contribution in [3.8, 4) is 5.75 Å². The minimum absolute atomic E-state index is 0.0290. The second-order valence-electron chi connectivity index (χ2n) is 4.45. The minimum Gasteiger partial charge on any atom is -0.492 e. The number of carbonyl (C=O) groups is 1. The summed E-state index contributed by atoms with van der Waals surface area (Å²) in [6.07, 6.45) is 1.74. The normalized spacial score (nSPS) is 12.9. The summed E-state index contributed by atoms with van der Waals surface area (Å²) in [5.74, 6) is -1.03. The zero-order valence-electron chi connectivity index (χ0n) is 11.8. The topological polar surface area (TPSA) is 119 Å². The van der Waals surface area contributed by atoms with Gasteiger partial charge in [0.15, 0.2) is 0 Å². The van der Waals surface area contributed by atoms with Crippen molar-refractivity contribution in [2.75, 3.05) is 13.2 Å². The fourth-order valence-corrected chi connectivity index (χ4v) is 2.69. The number of ether oxygens (including phenoxy) is 1. The minimum atomic E-state index is -3.87. The van der Waals surface area contributed by atoms with Crippen LogP contribution in [0.5, 0.6) is 5.75 Å². The Morgan fingerprint density at radius 1 is 1.43 bits per heavy atom. The number of hydrogen-bond acceptors (Lipinski definition) is 5. The average molecular weight is 316 g/mol. The molecule has 0 amide bonds. The van der Waals surface area contributed by atoms with Crippen molar-refractivity contribution in [3.63, 3.8) is 0 Å². The average Bonchev–Trinajstić information content (AvgIpc) is 2.45. The van der Waals surface area contributed by atoms with Gasteiger partial charge in [-0.1, -0.05) is 25.5 Å². The molecule has 0 heterocycles. The van der Waals surface area contributed by atoms with E-state index in [0.29, 0.717) is 6.61 Å². The zero-order valence-corrected chi connectivity index (χ0v) is 12.6. The van der Waals surface area contributed by atoms with E-state index in [4.69, 9.17) is 15.6 Å². The number of carboxylic acid groups (broad SMARTS) is 1. The molecule has 0 aliphatic rings. The Bertz CT molecular complexity index is 574. The summed E-state index contributed by atoms with van der Waals surface area (Å²) in [6.45, 7) is 2.03. The van der Waals surface area contributed by atoms with Crippen molar-refractivity contribution < 1.29 is 23.1 Å². The van der Waals surface area contributed by atoms with Crippen molar-refractivity contribution in [2.45, 2.75) is 30.7 Å². The van der Waals surface area contributed by atoms with Crippen LogP contribution in [0.3, 0.4) is 0 Å². The predicted octanol–water partition coefficient (Wildman–Crippen LogP) is 0.556. The smallest absolute Gasteiger partial charge is 0.321 e. The molecule has 1 unspecified atom stereocenters. The van der Waals surface area contributed by atoms with Crippen molar-refractivity contribution in [1.82, 2.24) is 4.72 Å². The monoisotopic (exact) mass is 316 g/mol. The highest BCUT2D eigenvalue weighted by Gasteiger charge is 2.21. The van der Waals surface area contributed by atoms with Crippen LogP contribution in [0.15, 0.2) is 29.2 Å². The predicted molar refractivity (Wildman–Crippen MR) is 77.6 cm³/mol. The van der Waals surface area contributed by atoms with E-state index >= 15 is 0 Å². The fourth-order valence-electron chi connectivity index (χ4n) is 1.48. The lowest BCUT2D eigenvalue weighted by Gasteiger charge is -2.13. The Labute approximate surface area is 124 Å². The zero-order chi connectivity index (χ0) is 15.9. The molecule has 1 aromatic carbocycles. The van der Waals surface area contributed by atoms with Crippen LogP contribution in [0, 0.1) is 0 Å². The van der Waals surface area contributed by atoms with Crippen LogP contribution in [-0.4, -0.2) is 38.7 Å². The molecular weight excluding hydrogens is 296 g/mol. The maximum absolute atomic E-state index is 12.2. The summed E-state index contributed by atoms with van der Waals surface area (Å²) >= 11 is 0. The van der Waals surface area contributed by atoms with Gasteiger partial charge in [-0.2, -0.15) is 0 Å². The maximum Gasteiger partial charge on any atom is 0.321 e. The van der Waals surface area contributed by atoms with E-state index in [9.17, 15) is 13.2 Å². The molecule has 8 heteroatoms. The number of benzene rings is 1. The molecule has 0 saturated carbocycles. The molecule has 21 heavy (non-hydrogen) atoms. The van der Waals surface area contributed by atoms with Gasteiger partial charge in [-0.05, 0) is 18.6 Å². The largest absolute Gasteiger partial charge is 0.492 e. The number of nitrogens with one attached hydrogen (secondary N) is 1. The van der Waals surface area contributed by atoms with Crippen LogP contribution >= 0.6 is 0 Å². The molecule has 0 aliphatic carbocycles. The molecule has 0 bridgehead atoms. The third kappa shape index (κ3) is 5.33. The van der Waals surface area contributed by atoms with Gasteiger partial charge in [-0.3, -0.25) is 4.79 Å². The van der Waals surface area contributed by atoms with Gasteiger partial charge in [-0.15, -0.1) is 0 Å². The second kappa shape index (κ2) is 7.96. The standard InChI is InChI=1S/C13H20N2O5S/c1-2-3-8-20-11-6-4-5-7-12(11)21(18,19)15-9-10(14)13(16)17/h4-7,10,15H,2-3,8-9,14H2,1H3,(H,16,17). The number of unbranched alkanes of at least 4 members (excludes halogenated alkanes) is 1. The molecular formula is C13H20N2O5S. The van der Waals surface area contributed by atoms with Gasteiger partial charge < -0.3 is 15.6 Å². The Hall–Kier alpha value is -1.64. The van der Waals surface area contributed by atoms with Crippen LogP contribution < -0.4 is 15.2 Å². The van der Waals surface area contributed by atoms with E-state index in [2.05, 4.69) is 4.72 Å². The van der Waals surface area contributed by atoms with Crippen molar-refractivity contribution in [2.24, 2.45) is 5.73 Å². The summed E-state index contributed by atoms with van der Waals surface area (Å²) in [5, 5.41) is 8.66. The molecule has 1 atom stereocenters. The summed E-state index contributed by atoms with van der Waals surface area (Å²) < 4.78 is 32.0. The first-order valence-electron chi connectivity index (χ1n) is 6.58.